The fourth-order valence-electron chi connectivity index (χ4n) is 2.20. The Hall–Kier alpha value is -2.76. The van der Waals surface area contributed by atoms with Gasteiger partial charge in [-0.3, -0.25) is 0 Å². The number of imidazole rings is 1. The molecule has 0 amide bonds. The molecule has 0 fully saturated rings. The molecule has 0 aliphatic carbocycles. The van der Waals surface area contributed by atoms with E-state index in [0.29, 0.717) is 0 Å². The second-order valence-corrected chi connectivity index (χ2v) is 4.38. The van der Waals surface area contributed by atoms with Crippen molar-refractivity contribution in [1.29, 1.82) is 0 Å². The summed E-state index contributed by atoms with van der Waals surface area (Å²) in [6.07, 6.45) is 7.03. The molecule has 1 N–H and O–H groups in total. The summed E-state index contributed by atoms with van der Waals surface area (Å²) in [7, 11) is 0. The summed E-state index contributed by atoms with van der Waals surface area (Å²) in [5, 5.41) is 5.57. The molecule has 92 valence electrons. The molecule has 4 aromatic rings. The molecular weight excluding hydrogens is 240 g/mol. The molecule has 0 saturated heterocycles. The maximum absolute atomic E-state index is 4.61. The Balaban J connectivity index is 2.01. The summed E-state index contributed by atoms with van der Waals surface area (Å²) in [5.41, 5.74) is 4.53. The van der Waals surface area contributed by atoms with E-state index in [1.54, 1.807) is 6.20 Å². The third-order valence-corrected chi connectivity index (χ3v) is 3.16. The molecular formula is C13H10N6. The normalized spacial score (nSPS) is 11.4. The quantitative estimate of drug-likeness (QED) is 0.560. The van der Waals surface area contributed by atoms with Crippen LogP contribution in [-0.2, 0) is 0 Å². The van der Waals surface area contributed by atoms with Crippen molar-refractivity contribution in [2.75, 3.05) is 0 Å². The minimum Gasteiger partial charge on any atom is -0.345 e. The monoisotopic (exact) mass is 250 g/mol. The second kappa shape index (κ2) is 3.61. The summed E-state index contributed by atoms with van der Waals surface area (Å²) < 4.78 is 1.83. The summed E-state index contributed by atoms with van der Waals surface area (Å²) in [5.74, 6) is 0. The van der Waals surface area contributed by atoms with Crippen LogP contribution in [0.25, 0.3) is 27.9 Å². The van der Waals surface area contributed by atoms with Crippen molar-refractivity contribution in [2.24, 2.45) is 0 Å². The van der Waals surface area contributed by atoms with Crippen LogP contribution in [0.1, 0.15) is 5.69 Å². The highest BCUT2D eigenvalue weighted by Crippen LogP contribution is 2.25. The van der Waals surface area contributed by atoms with Gasteiger partial charge in [-0.1, -0.05) is 0 Å². The average Bonchev–Trinajstić information content (AvgIpc) is 3.03. The highest BCUT2D eigenvalue weighted by atomic mass is 15.3. The van der Waals surface area contributed by atoms with Crippen molar-refractivity contribution in [3.8, 4) is 11.3 Å². The van der Waals surface area contributed by atoms with E-state index in [-0.39, 0.29) is 0 Å². The van der Waals surface area contributed by atoms with Crippen LogP contribution in [0.4, 0.5) is 0 Å². The van der Waals surface area contributed by atoms with Gasteiger partial charge in [-0.25, -0.2) is 19.5 Å². The number of fused-ring (bicyclic) bond motifs is 2. The highest BCUT2D eigenvalue weighted by molar-refractivity contribution is 5.91. The third kappa shape index (κ3) is 1.43. The standard InChI is InChI=1S/C13H10N6/c1-8-4-15-12-3-2-11(18-19(8)12)9-6-16-13-10(9)5-14-7-17-13/h2-7H,1H3,(H,14,16,17). The first-order valence-electron chi connectivity index (χ1n) is 5.92. The number of H-pyrrole nitrogens is 1. The number of aromatic amines is 1. The molecule has 0 radical (unpaired) electrons. The maximum atomic E-state index is 4.61. The zero-order chi connectivity index (χ0) is 12.8. The number of hydrogen-bond acceptors (Lipinski definition) is 4. The van der Waals surface area contributed by atoms with Crippen LogP contribution < -0.4 is 0 Å². The Morgan fingerprint density at radius 1 is 1.16 bits per heavy atom. The topological polar surface area (TPSA) is 71.8 Å². The SMILES string of the molecule is Cc1cnc2ccc(-c3c[nH]c4ncncc34)nn12. The number of nitrogens with zero attached hydrogens (tertiary/aromatic N) is 5. The molecule has 4 heterocycles. The van der Waals surface area contributed by atoms with E-state index in [9.17, 15) is 0 Å². The van der Waals surface area contributed by atoms with Crippen LogP contribution >= 0.6 is 0 Å². The van der Waals surface area contributed by atoms with Crippen molar-refractivity contribution in [3.63, 3.8) is 0 Å². The summed E-state index contributed by atoms with van der Waals surface area (Å²) in [4.78, 5) is 15.6. The first-order chi connectivity index (χ1) is 9.33. The van der Waals surface area contributed by atoms with Crippen LogP contribution in [0, 0.1) is 6.92 Å². The largest absolute Gasteiger partial charge is 0.345 e. The van der Waals surface area contributed by atoms with Crippen LogP contribution in [0.15, 0.2) is 37.1 Å². The molecule has 19 heavy (non-hydrogen) atoms. The van der Waals surface area contributed by atoms with Crippen LogP contribution in [0.3, 0.4) is 0 Å². The van der Waals surface area contributed by atoms with Gasteiger partial charge in [0, 0.05) is 23.3 Å². The fraction of sp³-hybridized carbons (Fsp3) is 0.0769. The zero-order valence-corrected chi connectivity index (χ0v) is 10.2. The molecule has 0 unspecified atom stereocenters. The highest BCUT2D eigenvalue weighted by Gasteiger charge is 2.10. The van der Waals surface area contributed by atoms with Gasteiger partial charge in [0.05, 0.1) is 17.6 Å². The lowest BCUT2D eigenvalue weighted by atomic mass is 10.2. The molecule has 0 aliphatic rings. The minimum absolute atomic E-state index is 0.814. The van der Waals surface area contributed by atoms with Crippen LogP contribution in [0.2, 0.25) is 0 Å². The van der Waals surface area contributed by atoms with Gasteiger partial charge in [0.25, 0.3) is 0 Å². The van der Waals surface area contributed by atoms with Gasteiger partial charge < -0.3 is 4.98 Å². The van der Waals surface area contributed by atoms with E-state index in [0.717, 1.165) is 33.6 Å². The Bertz CT molecular complexity index is 888. The van der Waals surface area contributed by atoms with Crippen molar-refractivity contribution in [1.82, 2.24) is 29.5 Å². The van der Waals surface area contributed by atoms with Crippen LogP contribution in [-0.4, -0.2) is 29.5 Å². The smallest absolute Gasteiger partial charge is 0.153 e. The predicted molar refractivity (Wildman–Crippen MR) is 70.6 cm³/mol. The Kier molecular flexibility index (Phi) is 1.94. The predicted octanol–water partition coefficient (Wildman–Crippen LogP) is 1.98. The van der Waals surface area contributed by atoms with E-state index < -0.39 is 0 Å². The van der Waals surface area contributed by atoms with Gasteiger partial charge in [0.1, 0.15) is 12.0 Å². The first kappa shape index (κ1) is 10.2. The fourth-order valence-corrected chi connectivity index (χ4v) is 2.20. The molecule has 6 nitrogen and oxygen atoms in total. The Morgan fingerprint density at radius 2 is 2.11 bits per heavy atom. The van der Waals surface area contributed by atoms with Gasteiger partial charge in [-0.05, 0) is 19.1 Å². The molecule has 0 atom stereocenters. The Labute approximate surface area is 108 Å². The lowest BCUT2D eigenvalue weighted by Gasteiger charge is -2.00. The lowest BCUT2D eigenvalue weighted by molar-refractivity contribution is 0.906. The maximum Gasteiger partial charge on any atom is 0.153 e. The first-order valence-corrected chi connectivity index (χ1v) is 5.92. The molecule has 0 aromatic carbocycles. The number of hydrogen-bond donors (Lipinski definition) is 1. The molecule has 0 saturated carbocycles. The van der Waals surface area contributed by atoms with Gasteiger partial charge in [-0.2, -0.15) is 5.10 Å². The molecule has 4 rings (SSSR count). The molecule has 4 aromatic heterocycles. The number of nitrogens with one attached hydrogen (secondary N) is 1. The van der Waals surface area contributed by atoms with E-state index >= 15 is 0 Å². The summed E-state index contributed by atoms with van der Waals surface area (Å²) >= 11 is 0. The molecule has 0 spiro atoms. The van der Waals surface area contributed by atoms with Crippen molar-refractivity contribution < 1.29 is 0 Å². The van der Waals surface area contributed by atoms with Gasteiger partial charge >= 0.3 is 0 Å². The second-order valence-electron chi connectivity index (χ2n) is 4.38. The average molecular weight is 250 g/mol. The Morgan fingerprint density at radius 3 is 3.05 bits per heavy atom. The molecule has 6 heteroatoms. The number of aryl methyl sites for hydroxylation is 1. The van der Waals surface area contributed by atoms with E-state index in [1.165, 1.54) is 6.33 Å². The molecule has 0 aliphatic heterocycles. The number of rotatable bonds is 1. The van der Waals surface area contributed by atoms with E-state index in [4.69, 9.17) is 0 Å². The van der Waals surface area contributed by atoms with E-state index in [1.807, 2.05) is 36.0 Å². The van der Waals surface area contributed by atoms with Crippen molar-refractivity contribution in [2.45, 2.75) is 6.92 Å². The van der Waals surface area contributed by atoms with Crippen LogP contribution in [0.5, 0.6) is 0 Å². The summed E-state index contributed by atoms with van der Waals surface area (Å²) in [6.45, 7) is 1.98. The third-order valence-electron chi connectivity index (χ3n) is 3.16. The van der Waals surface area contributed by atoms with Gasteiger partial charge in [-0.15, -0.1) is 0 Å². The zero-order valence-electron chi connectivity index (χ0n) is 10.2. The molecule has 0 bridgehead atoms. The summed E-state index contributed by atoms with van der Waals surface area (Å²) in [6, 6.07) is 3.91. The van der Waals surface area contributed by atoms with E-state index in [2.05, 4.69) is 25.0 Å². The van der Waals surface area contributed by atoms with Gasteiger partial charge in [0.15, 0.2) is 5.65 Å². The van der Waals surface area contributed by atoms with Crippen molar-refractivity contribution in [3.05, 3.63) is 42.7 Å². The van der Waals surface area contributed by atoms with Gasteiger partial charge in [0.2, 0.25) is 0 Å². The minimum atomic E-state index is 0.814. The van der Waals surface area contributed by atoms with Crippen molar-refractivity contribution >= 4 is 16.7 Å². The lowest BCUT2D eigenvalue weighted by Crippen LogP contribution is -1.95. The number of aromatic nitrogens is 6.